The molecule has 0 heterocycles. The second-order valence-electron chi connectivity index (χ2n) is 3.80. The molecule has 1 nitrogen and oxygen atoms in total. The highest BCUT2D eigenvalue weighted by atomic mass is 79.9. The monoisotopic (exact) mass is 397 g/mol. The Bertz CT molecular complexity index is 616. The first-order valence-electron chi connectivity index (χ1n) is 5.30. The van der Waals surface area contributed by atoms with Gasteiger partial charge in [-0.15, -0.1) is 0 Å². The van der Waals surface area contributed by atoms with E-state index in [1.54, 1.807) is 12.1 Å². The average molecular weight is 400 g/mol. The molecule has 100 valence electrons. The zero-order valence-electron chi connectivity index (χ0n) is 9.48. The minimum atomic E-state index is 0.444. The van der Waals surface area contributed by atoms with Crippen LogP contribution in [0.3, 0.4) is 0 Å². The van der Waals surface area contributed by atoms with E-state index in [1.165, 1.54) is 0 Å². The van der Waals surface area contributed by atoms with Gasteiger partial charge in [-0.1, -0.05) is 62.3 Å². The highest BCUT2D eigenvalue weighted by Crippen LogP contribution is 2.33. The Morgan fingerprint density at radius 2 is 1.58 bits per heavy atom. The van der Waals surface area contributed by atoms with Crippen LogP contribution in [0.25, 0.3) is 0 Å². The molecule has 2 rings (SSSR count). The van der Waals surface area contributed by atoms with Crippen molar-refractivity contribution in [1.29, 1.82) is 0 Å². The van der Waals surface area contributed by atoms with Crippen molar-refractivity contribution in [3.05, 3.63) is 60.5 Å². The number of rotatable bonds is 3. The Hall–Kier alpha value is -0.120. The van der Waals surface area contributed by atoms with E-state index < -0.39 is 0 Å². The molecule has 1 N–H and O–H groups in total. The Morgan fingerprint density at radius 3 is 2.26 bits per heavy atom. The molecule has 0 amide bonds. The van der Waals surface area contributed by atoms with Crippen LogP contribution >= 0.6 is 62.3 Å². The minimum absolute atomic E-state index is 0.444. The van der Waals surface area contributed by atoms with Crippen LogP contribution in [0.1, 0.15) is 5.56 Å². The fraction of sp³-hybridized carbons (Fsp3) is 0.0769. The van der Waals surface area contributed by atoms with Gasteiger partial charge in [0.2, 0.25) is 0 Å². The summed E-state index contributed by atoms with van der Waals surface area (Å²) in [7, 11) is 0. The average Bonchev–Trinajstić information content (AvgIpc) is 2.36. The van der Waals surface area contributed by atoms with Gasteiger partial charge in [0, 0.05) is 21.6 Å². The first kappa shape index (κ1) is 15.3. The maximum absolute atomic E-state index is 6.13. The number of anilines is 1. The number of hydrogen-bond donors (Lipinski definition) is 1. The molecular weight excluding hydrogens is 392 g/mol. The van der Waals surface area contributed by atoms with Crippen LogP contribution in [0.4, 0.5) is 5.69 Å². The summed E-state index contributed by atoms with van der Waals surface area (Å²) in [4.78, 5) is 0. The van der Waals surface area contributed by atoms with E-state index in [9.17, 15) is 0 Å². The zero-order chi connectivity index (χ0) is 14.0. The molecule has 0 fully saturated rings. The van der Waals surface area contributed by atoms with Crippen molar-refractivity contribution in [1.82, 2.24) is 0 Å². The van der Waals surface area contributed by atoms with Crippen LogP contribution in [-0.4, -0.2) is 0 Å². The molecule has 0 bridgehead atoms. The van der Waals surface area contributed by atoms with E-state index in [2.05, 4.69) is 21.2 Å². The molecule has 2 aromatic carbocycles. The molecule has 0 atom stereocenters. The third kappa shape index (κ3) is 3.71. The summed E-state index contributed by atoms with van der Waals surface area (Å²) >= 11 is 27.7. The highest BCUT2D eigenvalue weighted by molar-refractivity contribution is 9.10. The van der Waals surface area contributed by atoms with Crippen molar-refractivity contribution >= 4 is 68.0 Å². The lowest BCUT2D eigenvalue weighted by Gasteiger charge is -2.12. The molecule has 0 unspecified atom stereocenters. The summed E-state index contributed by atoms with van der Waals surface area (Å²) in [6.45, 7) is 0.444. The fourth-order valence-electron chi connectivity index (χ4n) is 1.55. The largest absolute Gasteiger partial charge is 0.380 e. The summed E-state index contributed by atoms with van der Waals surface area (Å²) in [6.07, 6.45) is 0. The van der Waals surface area contributed by atoms with E-state index >= 15 is 0 Å². The van der Waals surface area contributed by atoms with Crippen LogP contribution < -0.4 is 5.32 Å². The van der Waals surface area contributed by atoms with Gasteiger partial charge in [-0.3, -0.25) is 0 Å². The number of hydrogen-bond acceptors (Lipinski definition) is 1. The molecule has 0 spiro atoms. The molecule has 2 aromatic rings. The van der Waals surface area contributed by atoms with Gasteiger partial charge in [-0.05, 0) is 30.3 Å². The van der Waals surface area contributed by atoms with Crippen LogP contribution in [0, 0.1) is 0 Å². The van der Waals surface area contributed by atoms with E-state index in [0.717, 1.165) is 15.7 Å². The van der Waals surface area contributed by atoms with Crippen LogP contribution in [0.5, 0.6) is 0 Å². The van der Waals surface area contributed by atoms with Crippen molar-refractivity contribution < 1.29 is 0 Å². The molecule has 0 aliphatic carbocycles. The molecule has 0 radical (unpaired) electrons. The second kappa shape index (κ2) is 6.55. The predicted octanol–water partition coefficient (Wildman–Crippen LogP) is 6.67. The molecule has 0 aliphatic rings. The molecule has 0 aromatic heterocycles. The number of halogens is 5. The van der Waals surface area contributed by atoms with Crippen LogP contribution in [0.2, 0.25) is 20.1 Å². The van der Waals surface area contributed by atoms with E-state index in [0.29, 0.717) is 26.6 Å². The summed E-state index contributed by atoms with van der Waals surface area (Å²) in [5, 5.41) is 5.29. The maximum Gasteiger partial charge on any atom is 0.0657 e. The predicted molar refractivity (Wildman–Crippen MR) is 88.0 cm³/mol. The summed E-state index contributed by atoms with van der Waals surface area (Å²) in [6, 6.07) is 8.97. The lowest BCUT2D eigenvalue weighted by Crippen LogP contribution is -2.01. The molecule has 19 heavy (non-hydrogen) atoms. The Kier molecular flexibility index (Phi) is 5.27. The first-order valence-corrected chi connectivity index (χ1v) is 7.61. The Balaban J connectivity index is 2.21. The van der Waals surface area contributed by atoms with Gasteiger partial charge in [0.1, 0.15) is 0 Å². The third-order valence-corrected chi connectivity index (χ3v) is 4.53. The molecular formula is C13H8BrCl4N. The lowest BCUT2D eigenvalue weighted by atomic mass is 10.2. The van der Waals surface area contributed by atoms with Gasteiger partial charge in [0.25, 0.3) is 0 Å². The van der Waals surface area contributed by atoms with Crippen LogP contribution in [0.15, 0.2) is 34.8 Å². The topological polar surface area (TPSA) is 12.0 Å². The normalized spacial score (nSPS) is 10.6. The van der Waals surface area contributed by atoms with E-state index in [-0.39, 0.29) is 0 Å². The van der Waals surface area contributed by atoms with E-state index in [1.807, 2.05) is 18.2 Å². The van der Waals surface area contributed by atoms with E-state index in [4.69, 9.17) is 46.4 Å². The quantitative estimate of drug-likeness (QED) is 0.568. The molecule has 6 heteroatoms. The van der Waals surface area contributed by atoms with Crippen molar-refractivity contribution in [2.45, 2.75) is 6.54 Å². The fourth-order valence-corrected chi connectivity index (χ4v) is 2.97. The first-order chi connectivity index (χ1) is 8.99. The Morgan fingerprint density at radius 1 is 0.895 bits per heavy atom. The summed E-state index contributed by atoms with van der Waals surface area (Å²) in [5.74, 6) is 0. The summed E-state index contributed by atoms with van der Waals surface area (Å²) < 4.78 is 0.918. The maximum atomic E-state index is 6.13. The van der Waals surface area contributed by atoms with Crippen molar-refractivity contribution in [3.63, 3.8) is 0 Å². The van der Waals surface area contributed by atoms with Gasteiger partial charge >= 0.3 is 0 Å². The van der Waals surface area contributed by atoms with Gasteiger partial charge < -0.3 is 5.32 Å². The second-order valence-corrected chi connectivity index (χ2v) is 6.31. The van der Waals surface area contributed by atoms with Gasteiger partial charge in [0.15, 0.2) is 0 Å². The smallest absolute Gasteiger partial charge is 0.0657 e. The van der Waals surface area contributed by atoms with Crippen molar-refractivity contribution in [3.8, 4) is 0 Å². The SMILES string of the molecule is Clc1cc(Br)ccc1NCc1c(Cl)ccc(Cl)c1Cl. The van der Waals surface area contributed by atoms with Crippen molar-refractivity contribution in [2.75, 3.05) is 5.32 Å². The van der Waals surface area contributed by atoms with Gasteiger partial charge in [-0.25, -0.2) is 0 Å². The number of benzene rings is 2. The minimum Gasteiger partial charge on any atom is -0.380 e. The zero-order valence-corrected chi connectivity index (χ0v) is 14.1. The highest BCUT2D eigenvalue weighted by Gasteiger charge is 2.10. The molecule has 0 saturated carbocycles. The van der Waals surface area contributed by atoms with Crippen molar-refractivity contribution in [2.24, 2.45) is 0 Å². The van der Waals surface area contributed by atoms with Gasteiger partial charge in [-0.2, -0.15) is 0 Å². The molecule has 0 saturated heterocycles. The number of nitrogens with one attached hydrogen (secondary N) is 1. The summed E-state index contributed by atoms with van der Waals surface area (Å²) in [5.41, 5.74) is 1.55. The third-order valence-electron chi connectivity index (χ3n) is 2.53. The Labute approximate surface area is 139 Å². The van der Waals surface area contributed by atoms with Gasteiger partial charge in [0.05, 0.1) is 20.8 Å². The standard InChI is InChI=1S/C13H8BrCl4N/c14-7-1-4-12(11(17)5-7)19-6-8-9(15)2-3-10(16)13(8)18/h1-5,19H,6H2. The van der Waals surface area contributed by atoms with Crippen LogP contribution in [-0.2, 0) is 6.54 Å². The lowest BCUT2D eigenvalue weighted by molar-refractivity contribution is 1.15. The molecule has 0 aliphatic heterocycles.